The van der Waals surface area contributed by atoms with Crippen LogP contribution in [0.2, 0.25) is 0 Å². The lowest BCUT2D eigenvalue weighted by atomic mass is 10.1. The summed E-state index contributed by atoms with van der Waals surface area (Å²) >= 11 is 0. The predicted octanol–water partition coefficient (Wildman–Crippen LogP) is 2.62. The normalized spacial score (nSPS) is 16.4. The zero-order valence-electron chi connectivity index (χ0n) is 15.0. The molecular weight excluding hydrogens is 383 g/mol. The molecule has 1 N–H and O–H groups in total. The Hall–Kier alpha value is -3.04. The number of anilines is 2. The Morgan fingerprint density at radius 3 is 2.68 bits per heavy atom. The van der Waals surface area contributed by atoms with Gasteiger partial charge in [0.15, 0.2) is 0 Å². The van der Waals surface area contributed by atoms with Crippen LogP contribution in [0.15, 0.2) is 54.7 Å². The Labute approximate surface area is 161 Å². The molecule has 1 aliphatic heterocycles. The van der Waals surface area contributed by atoms with Crippen LogP contribution in [-0.2, 0) is 10.2 Å². The van der Waals surface area contributed by atoms with Crippen molar-refractivity contribution in [2.24, 2.45) is 0 Å². The van der Waals surface area contributed by atoms with Gasteiger partial charge in [0.1, 0.15) is 5.82 Å². The fourth-order valence-electron chi connectivity index (χ4n) is 3.08. The van der Waals surface area contributed by atoms with Crippen molar-refractivity contribution in [1.29, 1.82) is 0 Å². The van der Waals surface area contributed by atoms with Gasteiger partial charge in [0, 0.05) is 37.4 Å². The predicted molar refractivity (Wildman–Crippen MR) is 105 cm³/mol. The summed E-state index contributed by atoms with van der Waals surface area (Å²) in [6.45, 7) is 0.552. The summed E-state index contributed by atoms with van der Waals surface area (Å²) in [6.07, 6.45) is 1.65. The van der Waals surface area contributed by atoms with Crippen LogP contribution in [0.25, 0.3) is 10.9 Å². The van der Waals surface area contributed by atoms with E-state index in [0.29, 0.717) is 17.7 Å². The largest absolute Gasteiger partial charge is 0.322 e. The van der Waals surface area contributed by atoms with Crippen LogP contribution < -0.4 is 9.62 Å². The number of fused-ring (bicyclic) bond motifs is 1. The molecule has 28 heavy (non-hydrogen) atoms. The van der Waals surface area contributed by atoms with Crippen LogP contribution >= 0.6 is 0 Å². The number of hydrogen-bond acceptors (Lipinski definition) is 4. The second-order valence-electron chi connectivity index (χ2n) is 6.43. The number of likely N-dealkylation sites (N-methyl/N-ethyl adjacent to an activating group) is 1. The molecule has 0 atom stereocenters. The number of halogens is 1. The molecule has 1 aromatic heterocycles. The highest BCUT2D eigenvalue weighted by Gasteiger charge is 2.34. The van der Waals surface area contributed by atoms with E-state index < -0.39 is 21.9 Å². The second-order valence-corrected chi connectivity index (χ2v) is 8.39. The maximum Gasteiger partial charge on any atom is 0.303 e. The third kappa shape index (κ3) is 3.19. The van der Waals surface area contributed by atoms with Crippen molar-refractivity contribution in [3.05, 3.63) is 66.1 Å². The molecule has 9 heteroatoms. The number of nitrogens with zero attached hydrogens (tertiary/aromatic N) is 3. The van der Waals surface area contributed by atoms with Crippen molar-refractivity contribution in [3.8, 4) is 0 Å². The first-order valence-electron chi connectivity index (χ1n) is 8.56. The van der Waals surface area contributed by atoms with Crippen molar-refractivity contribution in [2.75, 3.05) is 29.8 Å². The Morgan fingerprint density at radius 2 is 1.96 bits per heavy atom. The third-order valence-corrected chi connectivity index (χ3v) is 6.56. The molecule has 0 bridgehead atoms. The minimum atomic E-state index is -3.65. The van der Waals surface area contributed by atoms with Gasteiger partial charge < -0.3 is 5.32 Å². The van der Waals surface area contributed by atoms with Gasteiger partial charge in [-0.3, -0.25) is 14.1 Å². The molecule has 1 fully saturated rings. The minimum Gasteiger partial charge on any atom is -0.322 e. The molecule has 2 aromatic carbocycles. The maximum atomic E-state index is 14.6. The van der Waals surface area contributed by atoms with Gasteiger partial charge in [-0.25, -0.2) is 4.39 Å². The van der Waals surface area contributed by atoms with Crippen LogP contribution in [0.3, 0.4) is 0 Å². The lowest BCUT2D eigenvalue weighted by Gasteiger charge is -2.18. The van der Waals surface area contributed by atoms with Crippen LogP contribution in [0.5, 0.6) is 0 Å². The maximum absolute atomic E-state index is 14.6. The molecule has 0 radical (unpaired) electrons. The van der Waals surface area contributed by atoms with E-state index >= 15 is 0 Å². The van der Waals surface area contributed by atoms with E-state index in [9.17, 15) is 17.6 Å². The van der Waals surface area contributed by atoms with E-state index in [2.05, 4.69) is 10.3 Å². The Balaban J connectivity index is 1.58. The van der Waals surface area contributed by atoms with Crippen LogP contribution in [-0.4, -0.2) is 43.8 Å². The molecule has 3 aromatic rings. The highest BCUT2D eigenvalue weighted by molar-refractivity contribution is 7.90. The summed E-state index contributed by atoms with van der Waals surface area (Å²) in [7, 11) is -2.18. The number of rotatable bonds is 3. The third-order valence-electron chi connectivity index (χ3n) is 4.64. The van der Waals surface area contributed by atoms with Gasteiger partial charge in [-0.2, -0.15) is 12.7 Å². The van der Waals surface area contributed by atoms with E-state index in [1.54, 1.807) is 18.3 Å². The molecule has 0 saturated carbocycles. The van der Waals surface area contributed by atoms with Crippen molar-refractivity contribution in [1.82, 2.24) is 9.29 Å². The summed E-state index contributed by atoms with van der Waals surface area (Å²) in [5.74, 6) is -1.42. The van der Waals surface area contributed by atoms with E-state index in [1.807, 2.05) is 18.2 Å². The number of hydrogen-bond donors (Lipinski definition) is 1. The van der Waals surface area contributed by atoms with E-state index in [-0.39, 0.29) is 17.8 Å². The SMILES string of the molecule is CN1CCN(c2ccc(C(=O)Nc3ccc4cccnc4c3)c(F)c2)S1(=O)=O. The average molecular weight is 400 g/mol. The summed E-state index contributed by atoms with van der Waals surface area (Å²) in [5, 5.41) is 3.57. The van der Waals surface area contributed by atoms with Crippen molar-refractivity contribution >= 4 is 38.4 Å². The molecule has 0 aliphatic carbocycles. The highest BCUT2D eigenvalue weighted by Crippen LogP contribution is 2.26. The average Bonchev–Trinajstić information content (AvgIpc) is 2.94. The van der Waals surface area contributed by atoms with E-state index in [0.717, 1.165) is 15.8 Å². The molecule has 0 spiro atoms. The minimum absolute atomic E-state index is 0.171. The lowest BCUT2D eigenvalue weighted by Crippen LogP contribution is -2.30. The number of benzene rings is 2. The molecule has 7 nitrogen and oxygen atoms in total. The van der Waals surface area contributed by atoms with E-state index in [4.69, 9.17) is 0 Å². The van der Waals surface area contributed by atoms with Gasteiger partial charge in [-0.1, -0.05) is 12.1 Å². The molecule has 0 unspecified atom stereocenters. The number of amides is 1. The zero-order chi connectivity index (χ0) is 19.9. The molecular formula is C19H17FN4O3S. The molecule has 144 valence electrons. The summed E-state index contributed by atoms with van der Waals surface area (Å²) in [6, 6.07) is 12.7. The molecule has 4 rings (SSSR count). The zero-order valence-corrected chi connectivity index (χ0v) is 15.8. The van der Waals surface area contributed by atoms with Crippen LogP contribution in [0.4, 0.5) is 15.8 Å². The van der Waals surface area contributed by atoms with Gasteiger partial charge in [0.05, 0.1) is 16.8 Å². The number of pyridine rings is 1. The second kappa shape index (κ2) is 6.84. The lowest BCUT2D eigenvalue weighted by molar-refractivity contribution is 0.102. The quantitative estimate of drug-likeness (QED) is 0.733. The first-order valence-corrected chi connectivity index (χ1v) is 9.96. The van der Waals surface area contributed by atoms with Gasteiger partial charge >= 0.3 is 10.2 Å². The van der Waals surface area contributed by atoms with E-state index in [1.165, 1.54) is 23.5 Å². The first-order chi connectivity index (χ1) is 13.4. The Bertz CT molecular complexity index is 1180. The van der Waals surface area contributed by atoms with Crippen molar-refractivity contribution in [3.63, 3.8) is 0 Å². The monoisotopic (exact) mass is 400 g/mol. The molecule has 2 heterocycles. The van der Waals surface area contributed by atoms with Crippen molar-refractivity contribution in [2.45, 2.75) is 0 Å². The van der Waals surface area contributed by atoms with Crippen LogP contribution in [0.1, 0.15) is 10.4 Å². The van der Waals surface area contributed by atoms with Gasteiger partial charge in [0.25, 0.3) is 5.91 Å². The van der Waals surface area contributed by atoms with Gasteiger partial charge in [-0.05, 0) is 36.4 Å². The summed E-state index contributed by atoms with van der Waals surface area (Å²) in [5.41, 5.74) is 1.21. The number of nitrogens with one attached hydrogen (secondary N) is 1. The Morgan fingerprint density at radius 1 is 1.14 bits per heavy atom. The molecule has 1 saturated heterocycles. The summed E-state index contributed by atoms with van der Waals surface area (Å²) < 4.78 is 41.3. The van der Waals surface area contributed by atoms with Gasteiger partial charge in [-0.15, -0.1) is 0 Å². The molecule has 1 amide bonds. The number of carbonyl (C=O) groups is 1. The fraction of sp³-hybridized carbons (Fsp3) is 0.158. The highest BCUT2D eigenvalue weighted by atomic mass is 32.2. The topological polar surface area (TPSA) is 82.6 Å². The van der Waals surface area contributed by atoms with Crippen molar-refractivity contribution < 1.29 is 17.6 Å². The number of aromatic nitrogens is 1. The summed E-state index contributed by atoms with van der Waals surface area (Å²) in [4.78, 5) is 16.7. The number of carbonyl (C=O) groups excluding carboxylic acids is 1. The molecule has 1 aliphatic rings. The van der Waals surface area contributed by atoms with Gasteiger partial charge in [0.2, 0.25) is 0 Å². The Kier molecular flexibility index (Phi) is 4.48. The fourth-order valence-corrected chi connectivity index (χ4v) is 4.42. The smallest absolute Gasteiger partial charge is 0.303 e. The van der Waals surface area contributed by atoms with Crippen LogP contribution in [0, 0.1) is 5.82 Å². The standard InChI is InChI=1S/C19H17FN4O3S/c1-23-9-10-24(28(23,26)27)15-6-7-16(17(20)12-15)19(25)22-14-5-4-13-3-2-8-21-18(13)11-14/h2-8,11-12H,9-10H2,1H3,(H,22,25). The first kappa shape index (κ1) is 18.3.